The first kappa shape index (κ1) is 127. The molecule has 0 unspecified atom stereocenters. The molecule has 12 nitrogen and oxygen atoms in total. The molecule has 19 fully saturated rings. The van der Waals surface area contributed by atoms with Crippen LogP contribution >= 0.6 is 0 Å². The zero-order valence-corrected chi connectivity index (χ0v) is 99.4. The Balaban J connectivity index is 0.000000237. The van der Waals surface area contributed by atoms with Crippen LogP contribution in [0.15, 0.2) is 0 Å². The smallest absolute Gasteiger partial charge is 0.223 e. The van der Waals surface area contributed by atoms with E-state index in [0.29, 0.717) is 64.8 Å². The van der Waals surface area contributed by atoms with Gasteiger partial charge < -0.3 is 31.9 Å². The Kier molecular flexibility index (Phi) is 61.0. The Hall–Kier alpha value is -3.18. The molecule has 0 atom stereocenters. The lowest BCUT2D eigenvalue weighted by molar-refractivity contribution is -0.128. The van der Waals surface area contributed by atoms with Crippen molar-refractivity contribution < 1.29 is 28.8 Å². The van der Waals surface area contributed by atoms with Crippen molar-refractivity contribution in [1.29, 1.82) is 0 Å². The van der Waals surface area contributed by atoms with Gasteiger partial charge in [-0.15, -0.1) is 0 Å². The largest absolute Gasteiger partial charge is 0.356 e. The van der Waals surface area contributed by atoms with E-state index in [1.54, 1.807) is 38.5 Å². The fourth-order valence-corrected chi connectivity index (χ4v) is 26.0. The van der Waals surface area contributed by atoms with Crippen LogP contribution in [0.5, 0.6) is 0 Å². The summed E-state index contributed by atoms with van der Waals surface area (Å²) < 4.78 is 0. The van der Waals surface area contributed by atoms with Gasteiger partial charge in [0.05, 0.1) is 0 Å². The van der Waals surface area contributed by atoms with Crippen LogP contribution in [0.1, 0.15) is 579 Å². The summed E-state index contributed by atoms with van der Waals surface area (Å²) in [6, 6.07) is 1.33. The van der Waals surface area contributed by atoms with Crippen molar-refractivity contribution in [3.63, 3.8) is 0 Å². The second-order valence-electron chi connectivity index (χ2n) is 56.8. The lowest BCUT2D eigenvalue weighted by Crippen LogP contribution is -2.51. The van der Waals surface area contributed by atoms with Gasteiger partial charge in [-0.05, 0) is 420 Å². The molecule has 19 saturated carbocycles. The number of amides is 6. The predicted octanol–water partition coefficient (Wildman–Crippen LogP) is 35.2. The third kappa shape index (κ3) is 55.2. The summed E-state index contributed by atoms with van der Waals surface area (Å²) in [5.41, 5.74) is 1.21. The number of hydrogen-bond acceptors (Lipinski definition) is 6. The van der Waals surface area contributed by atoms with E-state index in [1.165, 1.54) is 276 Å². The van der Waals surface area contributed by atoms with Crippen LogP contribution in [-0.4, -0.2) is 72.2 Å². The molecule has 0 aliphatic heterocycles. The van der Waals surface area contributed by atoms with E-state index in [2.05, 4.69) is 177 Å². The van der Waals surface area contributed by atoms with Gasteiger partial charge in [-0.25, -0.2) is 0 Å². The highest BCUT2D eigenvalue weighted by atomic mass is 16.2. The second kappa shape index (κ2) is 68.0. The molecule has 830 valence electrons. The third-order valence-corrected chi connectivity index (χ3v) is 38.7. The molecule has 6 amide bonds. The van der Waals surface area contributed by atoms with Crippen LogP contribution in [0, 0.1) is 177 Å². The van der Waals surface area contributed by atoms with Crippen molar-refractivity contribution in [3.8, 4) is 0 Å². The van der Waals surface area contributed by atoms with Crippen LogP contribution < -0.4 is 31.9 Å². The standard InChI is InChI=1S/C14H24.2C12H21NO.C12H23NO.C11H19NO.C11H21NO.C10H19NO.6C8H16/c1-13(2,3)14-7-10-4-11(8-14)6-12(5-10)9-14;1-9-2-6-11(7-3-9)12(14)13-8-10-4-5-10;1-9-5-7-10(8-6-9)12(14)13-11-3-2-4-11;1-9-5-7-10(8-6-9)11(14)13-12(2,3)4;1-8-2-4-9(5-3-8)11(13)12-10-6-7-10;1-8(2)12-11(13)10-6-4-9(3)5-7-10;1-3-11-10(12)9-6-4-8(2)5-7-9;6*1-7-3-5-8(2)6-4-7/h10-12H,4-9H2,1-3H3;2*9-11H,2-8H2,1H3,(H,13,14);9-10H,5-8H2,1-4H3,(H,13,14);8-10H,2-7H2,1H3,(H,12,13);8-10H,4-7H2,1-3H3,(H,12,13);8-9H,3-7H2,1-2H3,(H,11,12);6*7-8H,3-6H2,1-2H3. The Bertz CT molecular complexity index is 2980. The van der Waals surface area contributed by atoms with Crippen molar-refractivity contribution >= 4 is 35.4 Å². The molecule has 0 radical (unpaired) electrons. The zero-order valence-electron chi connectivity index (χ0n) is 99.4. The summed E-state index contributed by atoms with van der Waals surface area (Å²) in [6.07, 6.45) is 81.4. The first-order chi connectivity index (χ1) is 67.2. The summed E-state index contributed by atoms with van der Waals surface area (Å²) in [5, 5.41) is 18.3. The number of nitrogens with one attached hydrogen (secondary N) is 6. The topological polar surface area (TPSA) is 175 Å². The average molecular weight is 1990 g/mol. The lowest BCUT2D eigenvalue weighted by atomic mass is 9.43. The first-order valence-electron chi connectivity index (χ1n) is 63.0. The summed E-state index contributed by atoms with van der Waals surface area (Å²) >= 11 is 0. The van der Waals surface area contributed by atoms with Crippen LogP contribution in [0.3, 0.4) is 0 Å². The van der Waals surface area contributed by atoms with E-state index in [4.69, 9.17) is 0 Å². The number of carbonyl (C=O) groups excluding carboxylic acids is 6. The Morgan fingerprint density at radius 1 is 0.246 bits per heavy atom. The molecule has 4 bridgehead atoms. The molecule has 0 aromatic rings. The maximum atomic E-state index is 11.8. The molecular formula is C130H244N6O6. The number of carbonyl (C=O) groups is 6. The average Bonchev–Trinajstić information content (AvgIpc) is 0.813. The predicted molar refractivity (Wildman–Crippen MR) is 610 cm³/mol. The molecular weight excluding hydrogens is 1740 g/mol. The third-order valence-electron chi connectivity index (χ3n) is 38.7. The van der Waals surface area contributed by atoms with Crippen molar-refractivity contribution in [2.45, 2.75) is 602 Å². The van der Waals surface area contributed by atoms with Gasteiger partial charge in [-0.2, -0.15) is 0 Å². The Labute approximate surface area is 882 Å². The van der Waals surface area contributed by atoms with E-state index < -0.39 is 0 Å². The molecule has 19 aliphatic rings. The fourth-order valence-electron chi connectivity index (χ4n) is 26.0. The quantitative estimate of drug-likeness (QED) is 0.113. The van der Waals surface area contributed by atoms with Crippen LogP contribution in [0.25, 0.3) is 0 Å². The van der Waals surface area contributed by atoms with Gasteiger partial charge in [-0.3, -0.25) is 28.8 Å². The summed E-state index contributed by atoms with van der Waals surface area (Å²) in [4.78, 5) is 70.0. The fraction of sp³-hybridized carbons (Fsp3) is 0.954. The number of rotatable bonds is 12. The van der Waals surface area contributed by atoms with E-state index in [1.807, 2.05) is 41.5 Å². The van der Waals surface area contributed by atoms with Gasteiger partial charge in [0.2, 0.25) is 35.4 Å². The van der Waals surface area contributed by atoms with E-state index >= 15 is 0 Å². The van der Waals surface area contributed by atoms with Gasteiger partial charge in [0.1, 0.15) is 0 Å². The Morgan fingerprint density at radius 3 is 0.627 bits per heavy atom. The first-order valence-corrected chi connectivity index (χ1v) is 63.0. The van der Waals surface area contributed by atoms with E-state index in [9.17, 15) is 28.8 Å². The zero-order chi connectivity index (χ0) is 105. The van der Waals surface area contributed by atoms with Gasteiger partial charge in [0.25, 0.3) is 0 Å². The van der Waals surface area contributed by atoms with Crippen molar-refractivity contribution in [2.24, 2.45) is 177 Å². The van der Waals surface area contributed by atoms with Gasteiger partial charge in [-0.1, -0.05) is 299 Å². The van der Waals surface area contributed by atoms with Crippen LogP contribution in [-0.2, 0) is 28.8 Å². The highest BCUT2D eigenvalue weighted by Crippen LogP contribution is 2.66. The minimum Gasteiger partial charge on any atom is -0.356 e. The molecule has 0 aromatic carbocycles. The normalized spacial score (nSPS) is 36.1. The van der Waals surface area contributed by atoms with E-state index in [0.717, 1.165) is 226 Å². The molecule has 0 aromatic heterocycles. The monoisotopic (exact) mass is 1990 g/mol. The SMILES string of the molecule is CC(C)(C)C12CC3CC(CC(C3)C1)C2.CC1CCC(C(=O)NC(C)(C)C)CC1.CC1CCC(C(=O)NC(C)C)CC1.CC1CCC(C(=O)NC2CC2)CC1.CC1CCC(C(=O)NC2CCC2)CC1.CC1CCC(C(=O)NCC2CC2)CC1.CC1CCC(C)CC1.CC1CCC(C)CC1.CC1CCC(C)CC1.CC1CCC(C)CC1.CC1CCC(C)CC1.CC1CCC(C)CC1.CCNC(=O)C1CCC(C)CC1. The van der Waals surface area contributed by atoms with Crippen LogP contribution in [0.2, 0.25) is 0 Å². The van der Waals surface area contributed by atoms with Gasteiger partial charge >= 0.3 is 0 Å². The van der Waals surface area contributed by atoms with Crippen LogP contribution in [0.4, 0.5) is 0 Å². The highest BCUT2D eigenvalue weighted by Gasteiger charge is 2.55. The van der Waals surface area contributed by atoms with Crippen molar-refractivity contribution in [2.75, 3.05) is 13.1 Å². The summed E-state index contributed by atoms with van der Waals surface area (Å²) in [5.74, 6) is 25.0. The number of hydrogen-bond donors (Lipinski definition) is 6. The Morgan fingerprint density at radius 2 is 0.444 bits per heavy atom. The molecule has 0 saturated heterocycles. The summed E-state index contributed by atoms with van der Waals surface area (Å²) in [6.45, 7) is 63.4. The molecule has 0 spiro atoms. The summed E-state index contributed by atoms with van der Waals surface area (Å²) in [7, 11) is 0. The van der Waals surface area contributed by atoms with Gasteiger partial charge in [0, 0.05) is 72.3 Å². The minimum atomic E-state index is -0.0832. The van der Waals surface area contributed by atoms with Crippen molar-refractivity contribution in [1.82, 2.24) is 31.9 Å². The second-order valence-corrected chi connectivity index (χ2v) is 56.8. The highest BCUT2D eigenvalue weighted by molar-refractivity contribution is 5.81. The molecule has 0 heterocycles. The molecule has 19 aliphatic carbocycles. The molecule has 6 N–H and O–H groups in total. The van der Waals surface area contributed by atoms with Gasteiger partial charge in [0.15, 0.2) is 0 Å². The maximum absolute atomic E-state index is 11.8. The van der Waals surface area contributed by atoms with Crippen molar-refractivity contribution in [3.05, 3.63) is 0 Å². The molecule has 19 rings (SSSR count). The minimum absolute atomic E-state index is 0.0832. The van der Waals surface area contributed by atoms with E-state index in [-0.39, 0.29) is 35.2 Å². The lowest BCUT2D eigenvalue weighted by Gasteiger charge is -2.62. The maximum Gasteiger partial charge on any atom is 0.223 e. The molecule has 12 heteroatoms. The molecule has 142 heavy (non-hydrogen) atoms.